The van der Waals surface area contributed by atoms with Crippen LogP contribution < -0.4 is 9.47 Å². The Hall–Kier alpha value is -4.87. The van der Waals surface area contributed by atoms with Crippen molar-refractivity contribution in [1.82, 2.24) is 14.3 Å². The highest BCUT2D eigenvalue weighted by Gasteiger charge is 2.27. The van der Waals surface area contributed by atoms with E-state index < -0.39 is 11.8 Å². The third kappa shape index (κ3) is 6.60. The van der Waals surface area contributed by atoms with Crippen LogP contribution in [0.5, 0.6) is 11.5 Å². The highest BCUT2D eigenvalue weighted by Crippen LogP contribution is 2.40. The van der Waals surface area contributed by atoms with E-state index in [0.29, 0.717) is 70.2 Å². The van der Waals surface area contributed by atoms with Gasteiger partial charge in [-0.1, -0.05) is 12.1 Å². The number of aliphatic hydroxyl groups excluding tert-OH is 1. The van der Waals surface area contributed by atoms with Crippen LogP contribution in [0, 0.1) is 25.5 Å². The van der Waals surface area contributed by atoms with E-state index >= 15 is 4.39 Å². The molecular formula is C38H37F2N3O5S. The highest BCUT2D eigenvalue weighted by atomic mass is 32.2. The normalized spacial score (nSPS) is 11.4. The van der Waals surface area contributed by atoms with Crippen LogP contribution in [0.15, 0.2) is 71.6 Å². The minimum atomic E-state index is -0.541. The van der Waals surface area contributed by atoms with E-state index in [2.05, 4.69) is 5.10 Å². The largest absolute Gasteiger partial charge is 0.497 e. The van der Waals surface area contributed by atoms with E-state index in [9.17, 15) is 14.3 Å². The van der Waals surface area contributed by atoms with Crippen LogP contribution in [0.1, 0.15) is 39.4 Å². The zero-order valence-electron chi connectivity index (χ0n) is 28.0. The van der Waals surface area contributed by atoms with Crippen LogP contribution in [0.25, 0.3) is 32.8 Å². The van der Waals surface area contributed by atoms with E-state index in [1.54, 1.807) is 49.7 Å². The first kappa shape index (κ1) is 34.0. The van der Waals surface area contributed by atoms with Gasteiger partial charge in [0, 0.05) is 57.4 Å². The second kappa shape index (κ2) is 14.3. The average molecular weight is 686 g/mol. The number of carbonyl (C=O) groups excluding carboxylic acids is 1. The van der Waals surface area contributed by atoms with Crippen molar-refractivity contribution in [1.29, 1.82) is 0 Å². The van der Waals surface area contributed by atoms with Crippen molar-refractivity contribution < 1.29 is 32.9 Å². The lowest BCUT2D eigenvalue weighted by atomic mass is 9.96. The summed E-state index contributed by atoms with van der Waals surface area (Å²) in [6.07, 6.45) is 0.500. The van der Waals surface area contributed by atoms with Gasteiger partial charge in [-0.05, 0) is 91.4 Å². The second-order valence-electron chi connectivity index (χ2n) is 11.7. The Morgan fingerprint density at radius 2 is 1.76 bits per heavy atom. The van der Waals surface area contributed by atoms with Crippen LogP contribution >= 0.6 is 11.8 Å². The van der Waals surface area contributed by atoms with Gasteiger partial charge in [0.05, 0.1) is 33.1 Å². The molecule has 6 rings (SSSR count). The fraction of sp³-hybridized carbons (Fsp3) is 0.263. The second-order valence-corrected chi connectivity index (χ2v) is 12.8. The summed E-state index contributed by atoms with van der Waals surface area (Å²) in [4.78, 5) is 14.1. The van der Waals surface area contributed by atoms with Gasteiger partial charge in [-0.15, -0.1) is 11.8 Å². The standard InChI is InChI=1S/C38H37F2N3O5S/c1-22-34-32(14-13-30(40)36(34)35-23(2)42(3)41-31(35)20-44)43(37(22)38(45)47-5)15-6-16-48-33-19-28(18-25-17-26(39)9-12-29(25)33)49-21-24-7-10-27(46-4)11-8-24/h7-14,17-19,44H,6,15-16,20-21H2,1-5H3. The predicted molar refractivity (Wildman–Crippen MR) is 187 cm³/mol. The van der Waals surface area contributed by atoms with Gasteiger partial charge in [-0.2, -0.15) is 5.10 Å². The number of aryl methyl sites for hydroxylation is 3. The summed E-state index contributed by atoms with van der Waals surface area (Å²) in [6.45, 7) is 3.89. The maximum absolute atomic E-state index is 15.7. The Labute approximate surface area is 287 Å². The third-order valence-electron chi connectivity index (χ3n) is 8.81. The van der Waals surface area contributed by atoms with Crippen molar-refractivity contribution in [3.63, 3.8) is 0 Å². The number of ether oxygens (including phenoxy) is 3. The number of rotatable bonds is 12. The summed E-state index contributed by atoms with van der Waals surface area (Å²) in [7, 11) is 4.69. The van der Waals surface area contributed by atoms with Gasteiger partial charge in [-0.3, -0.25) is 4.68 Å². The first-order valence-electron chi connectivity index (χ1n) is 15.8. The average Bonchev–Trinajstić information content (AvgIpc) is 3.55. The maximum Gasteiger partial charge on any atom is 0.354 e. The molecule has 2 heterocycles. The summed E-state index contributed by atoms with van der Waals surface area (Å²) in [5.41, 5.74) is 4.48. The fourth-order valence-electron chi connectivity index (χ4n) is 6.34. The Balaban J connectivity index is 1.29. The van der Waals surface area contributed by atoms with Gasteiger partial charge < -0.3 is 23.9 Å². The lowest BCUT2D eigenvalue weighted by Crippen LogP contribution is -2.13. The first-order valence-corrected chi connectivity index (χ1v) is 16.8. The smallest absolute Gasteiger partial charge is 0.354 e. The van der Waals surface area contributed by atoms with Crippen molar-refractivity contribution in [3.8, 4) is 22.6 Å². The summed E-state index contributed by atoms with van der Waals surface area (Å²) in [5.74, 6) is 0.780. The van der Waals surface area contributed by atoms with Gasteiger partial charge in [0.25, 0.3) is 0 Å². The molecule has 6 aromatic rings. The minimum absolute atomic E-state index is 0.285. The Morgan fingerprint density at radius 1 is 0.980 bits per heavy atom. The number of hydrogen-bond acceptors (Lipinski definition) is 7. The van der Waals surface area contributed by atoms with Crippen molar-refractivity contribution in [2.45, 2.75) is 44.1 Å². The number of benzene rings is 4. The molecule has 0 saturated carbocycles. The number of esters is 1. The molecule has 0 fully saturated rings. The van der Waals surface area contributed by atoms with Crippen LogP contribution in [0.2, 0.25) is 0 Å². The summed E-state index contributed by atoms with van der Waals surface area (Å²) < 4.78 is 50.1. The van der Waals surface area contributed by atoms with Crippen LogP contribution in [0.4, 0.5) is 8.78 Å². The summed E-state index contributed by atoms with van der Waals surface area (Å²) in [6, 6.07) is 19.5. The molecule has 4 aromatic carbocycles. The lowest BCUT2D eigenvalue weighted by molar-refractivity contribution is 0.0587. The van der Waals surface area contributed by atoms with Crippen LogP contribution in [-0.2, 0) is 30.7 Å². The molecule has 11 heteroatoms. The zero-order chi connectivity index (χ0) is 34.8. The molecule has 1 N–H and O–H groups in total. The van der Waals surface area contributed by atoms with Gasteiger partial charge in [0.1, 0.15) is 28.8 Å². The number of nitrogens with zero attached hydrogens (tertiary/aromatic N) is 3. The van der Waals surface area contributed by atoms with Crippen LogP contribution in [-0.4, -0.2) is 46.2 Å². The van der Waals surface area contributed by atoms with Crippen molar-refractivity contribution >= 4 is 39.4 Å². The molecule has 0 aliphatic carbocycles. The number of methoxy groups -OCH3 is 2. The van der Waals surface area contributed by atoms with E-state index in [1.807, 2.05) is 47.9 Å². The summed E-state index contributed by atoms with van der Waals surface area (Å²) >= 11 is 1.62. The Morgan fingerprint density at radius 3 is 2.47 bits per heavy atom. The molecule has 0 spiro atoms. The number of aliphatic hydroxyl groups is 1. The molecule has 2 aromatic heterocycles. The van der Waals surface area contributed by atoms with Gasteiger partial charge in [0.2, 0.25) is 0 Å². The molecule has 49 heavy (non-hydrogen) atoms. The van der Waals surface area contributed by atoms with Gasteiger partial charge in [-0.25, -0.2) is 13.6 Å². The van der Waals surface area contributed by atoms with Crippen molar-refractivity contribution in [2.75, 3.05) is 20.8 Å². The van der Waals surface area contributed by atoms with E-state index in [-0.39, 0.29) is 18.0 Å². The van der Waals surface area contributed by atoms with Gasteiger partial charge in [0.15, 0.2) is 0 Å². The first-order chi connectivity index (χ1) is 23.6. The number of aromatic nitrogens is 3. The Kier molecular flexibility index (Phi) is 9.94. The predicted octanol–water partition coefficient (Wildman–Crippen LogP) is 8.14. The van der Waals surface area contributed by atoms with Crippen molar-refractivity contribution in [3.05, 3.63) is 107 Å². The maximum atomic E-state index is 15.7. The molecule has 0 aliphatic rings. The topological polar surface area (TPSA) is 87.7 Å². The molecule has 0 unspecified atom stereocenters. The SMILES string of the molecule is COC(=O)c1c(C)c2c(-c3c(CO)nn(C)c3C)c(F)ccc2n1CCCOc1cc(SCc2ccc(OC)cc2)cc2cc(F)ccc12. The molecule has 0 aliphatic heterocycles. The zero-order valence-corrected chi connectivity index (χ0v) is 28.8. The number of carbonyl (C=O) groups is 1. The molecule has 0 saturated heterocycles. The molecule has 8 nitrogen and oxygen atoms in total. The minimum Gasteiger partial charge on any atom is -0.497 e. The van der Waals surface area contributed by atoms with E-state index in [4.69, 9.17) is 14.2 Å². The number of thioether (sulfide) groups is 1. The monoisotopic (exact) mass is 685 g/mol. The molecule has 0 atom stereocenters. The lowest BCUT2D eigenvalue weighted by Gasteiger charge is -2.14. The van der Waals surface area contributed by atoms with E-state index in [0.717, 1.165) is 27.0 Å². The number of hydrogen-bond donors (Lipinski definition) is 1. The number of fused-ring (bicyclic) bond motifs is 2. The fourth-order valence-corrected chi connectivity index (χ4v) is 7.26. The quantitative estimate of drug-likeness (QED) is 0.0791. The molecule has 254 valence electrons. The molecule has 0 bridgehead atoms. The van der Waals surface area contributed by atoms with E-state index in [1.165, 1.54) is 25.3 Å². The molecule has 0 amide bonds. The molecular weight excluding hydrogens is 648 g/mol. The van der Waals surface area contributed by atoms with Gasteiger partial charge >= 0.3 is 5.97 Å². The number of halogens is 2. The molecule has 0 radical (unpaired) electrons. The van der Waals surface area contributed by atoms with Crippen molar-refractivity contribution in [2.24, 2.45) is 7.05 Å². The van der Waals surface area contributed by atoms with Crippen LogP contribution in [0.3, 0.4) is 0 Å². The summed E-state index contributed by atoms with van der Waals surface area (Å²) in [5, 5.41) is 16.5. The third-order valence-corrected chi connectivity index (χ3v) is 9.85. The Bertz CT molecular complexity index is 2180. The highest BCUT2D eigenvalue weighted by molar-refractivity contribution is 7.98.